The molecule has 0 heterocycles. The summed E-state index contributed by atoms with van der Waals surface area (Å²) in [5.74, 6) is 1.33. The molecule has 0 aromatic carbocycles. The molecule has 0 fully saturated rings. The van der Waals surface area contributed by atoms with Crippen LogP contribution in [0.5, 0.6) is 0 Å². The Morgan fingerprint density at radius 2 is 1.60 bits per heavy atom. The molecule has 6 heteroatoms. The molecule has 65 valence electrons. The zero-order chi connectivity index (χ0) is 7.49. The van der Waals surface area contributed by atoms with Gasteiger partial charge in [0.05, 0.1) is 0 Å². The molecule has 0 aliphatic rings. The Balaban J connectivity index is 0. The van der Waals surface area contributed by atoms with Crippen molar-refractivity contribution in [2.24, 2.45) is 0 Å². The predicted molar refractivity (Wildman–Crippen MR) is 42.7 cm³/mol. The smallest absolute Gasteiger partial charge is 0.854 e. The fourth-order valence-electron chi connectivity index (χ4n) is 0.520. The van der Waals surface area contributed by atoms with Gasteiger partial charge in [-0.3, -0.25) is 0 Å². The molecule has 0 unspecified atom stereocenters. The molecule has 0 aromatic rings. The van der Waals surface area contributed by atoms with Gasteiger partial charge in [0.1, 0.15) is 0 Å². The summed E-state index contributed by atoms with van der Waals surface area (Å²) in [6, 6.07) is 0. The van der Waals surface area contributed by atoms with Gasteiger partial charge in [-0.05, 0) is 11.5 Å². The Hall–Kier alpha value is 1.74. The summed E-state index contributed by atoms with van der Waals surface area (Å²) in [5.41, 5.74) is -3.41. The summed E-state index contributed by atoms with van der Waals surface area (Å²) < 4.78 is 0. The Bertz CT molecular complexity index is 130. The minimum Gasteiger partial charge on any atom is -0.854 e. The van der Waals surface area contributed by atoms with Crippen LogP contribution in [0.15, 0.2) is 0 Å². The number of rotatable bonds is 2. The van der Waals surface area contributed by atoms with E-state index in [0.717, 1.165) is 0 Å². The van der Waals surface area contributed by atoms with Crippen molar-refractivity contribution in [2.75, 3.05) is 11.5 Å². The van der Waals surface area contributed by atoms with E-state index in [1.54, 1.807) is 0 Å². The van der Waals surface area contributed by atoms with Gasteiger partial charge in [0.2, 0.25) is 0 Å². The average molecular weight is 380 g/mol. The molecule has 0 saturated carbocycles. The number of hydrogen-bond donors (Lipinski definition) is 0. The molecule has 2 nitrogen and oxygen atoms in total. The van der Waals surface area contributed by atoms with E-state index in [2.05, 4.69) is 12.2 Å². The monoisotopic (exact) mass is 380 g/mol. The third-order valence-electron chi connectivity index (χ3n) is 0.983. The molecule has 0 N–H and O–H groups in total. The first-order valence-corrected chi connectivity index (χ1v) is 7.53. The van der Waals surface area contributed by atoms with Crippen LogP contribution in [0.25, 0.3) is 0 Å². The molecule has 0 aromatic heterocycles. The Morgan fingerprint density at radius 3 is 1.60 bits per heavy atom. The summed E-state index contributed by atoms with van der Waals surface area (Å²) in [5, 5.41) is 0. The van der Waals surface area contributed by atoms with E-state index >= 15 is 0 Å². The van der Waals surface area contributed by atoms with Gasteiger partial charge in [0.15, 0.2) is 0 Å². The predicted octanol–water partition coefficient (Wildman–Crippen LogP) is -0.413. The van der Waals surface area contributed by atoms with E-state index in [9.17, 15) is 9.79 Å². The molecule has 0 aliphatic heterocycles. The van der Waals surface area contributed by atoms with Crippen molar-refractivity contribution in [2.45, 2.75) is 13.8 Å². The van der Waals surface area contributed by atoms with E-state index in [0.29, 0.717) is 11.5 Å². The van der Waals surface area contributed by atoms with Gasteiger partial charge < -0.3 is 27.7 Å². The Kier molecular flexibility index (Phi) is 8.96. The van der Waals surface area contributed by atoms with E-state index in [1.165, 1.54) is 0 Å². The second-order valence-electron chi connectivity index (χ2n) is 1.49. The van der Waals surface area contributed by atoms with Crippen LogP contribution in [0.4, 0.5) is 0 Å². The zero-order valence-corrected chi connectivity index (χ0v) is 10.6. The van der Waals surface area contributed by atoms with Crippen LogP contribution in [-0.2, 0) is 43.4 Å². The molecular weight excluding hydrogens is 370 g/mol. The molecule has 0 spiro atoms. The van der Waals surface area contributed by atoms with Crippen LogP contribution in [0.3, 0.4) is 0 Å². The minimum absolute atomic E-state index is 0. The first kappa shape index (κ1) is 14.3. The van der Waals surface area contributed by atoms with Gasteiger partial charge >= 0.3 is 21.1 Å². The first-order valence-electron chi connectivity index (χ1n) is 2.72. The molecule has 0 saturated heterocycles. The van der Waals surface area contributed by atoms with Gasteiger partial charge in [-0.1, -0.05) is 13.8 Å². The van der Waals surface area contributed by atoms with Crippen molar-refractivity contribution >= 4 is 28.0 Å². The molecule has 10 heavy (non-hydrogen) atoms. The van der Waals surface area contributed by atoms with Crippen molar-refractivity contribution in [3.05, 3.63) is 0 Å². The van der Waals surface area contributed by atoms with Gasteiger partial charge in [0, 0.05) is 0 Å². The van der Waals surface area contributed by atoms with Crippen LogP contribution in [0.1, 0.15) is 13.8 Å². The molecule has 0 bridgehead atoms. The van der Waals surface area contributed by atoms with Gasteiger partial charge in [-0.2, -0.15) is 0 Å². The standard InChI is InChI=1S/C4H10O2PS2.Pt/c1-3-9(4-2)7(5,6)8;/h3-4H2,1-2H3;/q-3;+3. The topological polar surface area (TPSA) is 46.1 Å². The van der Waals surface area contributed by atoms with Crippen molar-refractivity contribution in [1.29, 1.82) is 0 Å². The summed E-state index contributed by atoms with van der Waals surface area (Å²) in [6.07, 6.45) is 0. The summed E-state index contributed by atoms with van der Waals surface area (Å²) in [7, 11) is -0.541. The molecule has 0 rings (SSSR count). The SMILES string of the molecule is CCS(CC)=P([O-])([O-])[S-].[Pt+3]. The third-order valence-corrected chi connectivity index (χ3v) is 8.29. The van der Waals surface area contributed by atoms with E-state index in [4.69, 9.17) is 0 Å². The maximum Gasteiger partial charge on any atom is 3.00 e. The van der Waals surface area contributed by atoms with E-state index in [-0.39, 0.29) is 21.1 Å². The van der Waals surface area contributed by atoms with Crippen LogP contribution in [-0.4, -0.2) is 11.5 Å². The molecule has 0 atom stereocenters. The molecule has 1 radical (unpaired) electrons. The van der Waals surface area contributed by atoms with Crippen molar-refractivity contribution < 1.29 is 30.9 Å². The Morgan fingerprint density at radius 1 is 1.30 bits per heavy atom. The fraction of sp³-hybridized carbons (Fsp3) is 1.00. The third kappa shape index (κ3) is 5.40. The van der Waals surface area contributed by atoms with Crippen molar-refractivity contribution in [1.82, 2.24) is 0 Å². The normalized spacial score (nSPS) is 11.4. The van der Waals surface area contributed by atoms with Gasteiger partial charge in [-0.15, -0.1) is 0 Å². The second-order valence-corrected chi connectivity index (χ2v) is 9.59. The van der Waals surface area contributed by atoms with Crippen LogP contribution in [0, 0.1) is 0 Å². The summed E-state index contributed by atoms with van der Waals surface area (Å²) in [4.78, 5) is 21.3. The zero-order valence-electron chi connectivity index (χ0n) is 5.81. The molecule has 0 aliphatic carbocycles. The quantitative estimate of drug-likeness (QED) is 0.483. The minimum atomic E-state index is -3.41. The molecule has 0 amide bonds. The first-order chi connectivity index (χ1) is 4.02. The van der Waals surface area contributed by atoms with Crippen molar-refractivity contribution in [3.8, 4) is 0 Å². The maximum atomic E-state index is 10.6. The maximum absolute atomic E-state index is 10.6. The van der Waals surface area contributed by atoms with Gasteiger partial charge in [0.25, 0.3) is 0 Å². The second kappa shape index (κ2) is 6.28. The van der Waals surface area contributed by atoms with Crippen LogP contribution in [0.2, 0.25) is 0 Å². The van der Waals surface area contributed by atoms with Crippen LogP contribution < -0.4 is 9.79 Å². The van der Waals surface area contributed by atoms with Crippen molar-refractivity contribution in [3.63, 3.8) is 0 Å². The largest absolute Gasteiger partial charge is 3.00 e. The van der Waals surface area contributed by atoms with Gasteiger partial charge in [-0.25, -0.2) is 10.1 Å². The summed E-state index contributed by atoms with van der Waals surface area (Å²) in [6.45, 7) is 3.70. The molecular formula is C4H10O2PPtS2. The van der Waals surface area contributed by atoms with E-state index in [1.807, 2.05) is 13.8 Å². The summed E-state index contributed by atoms with van der Waals surface area (Å²) >= 11 is 4.32. The average Bonchev–Trinajstić information content (AvgIpc) is 1.65. The van der Waals surface area contributed by atoms with Crippen LogP contribution >= 0.6 is 5.69 Å². The number of hydrogen-bond acceptors (Lipinski definition) is 3. The van der Waals surface area contributed by atoms with E-state index < -0.39 is 15.8 Å². The fourth-order valence-corrected chi connectivity index (χ4v) is 5.36. The Labute approximate surface area is 83.9 Å².